The Balaban J connectivity index is 1.83. The molecule has 1 aromatic carbocycles. The summed E-state index contributed by atoms with van der Waals surface area (Å²) in [7, 11) is 0. The Bertz CT molecular complexity index is 661. The Morgan fingerprint density at radius 3 is 2.70 bits per heavy atom. The van der Waals surface area contributed by atoms with Gasteiger partial charge in [-0.2, -0.15) is 0 Å². The van der Waals surface area contributed by atoms with Gasteiger partial charge in [0.15, 0.2) is 0 Å². The molecule has 0 N–H and O–H groups in total. The number of hydrogen-bond acceptors (Lipinski definition) is 4. The highest BCUT2D eigenvalue weighted by atomic mass is 16.5. The summed E-state index contributed by atoms with van der Waals surface area (Å²) in [6.07, 6.45) is 8.47. The van der Waals surface area contributed by atoms with Gasteiger partial charge in [0, 0.05) is 12.3 Å². The van der Waals surface area contributed by atoms with E-state index >= 15 is 0 Å². The third kappa shape index (κ3) is 6.18. The van der Waals surface area contributed by atoms with Crippen LogP contribution in [0.25, 0.3) is 6.08 Å². The van der Waals surface area contributed by atoms with Crippen LogP contribution in [0.2, 0.25) is 0 Å². The van der Waals surface area contributed by atoms with Crippen LogP contribution in [0.3, 0.4) is 0 Å². The molecule has 0 saturated heterocycles. The number of rotatable bonds is 7. The number of carbonyl (C=O) groups excluding carboxylic acids is 1. The predicted octanol–water partition coefficient (Wildman–Crippen LogP) is 3.79. The second-order valence-corrected chi connectivity index (χ2v) is 4.71. The largest absolute Gasteiger partial charge is 0.487 e. The Hall–Kier alpha value is -2.88. The van der Waals surface area contributed by atoms with E-state index in [4.69, 9.17) is 9.47 Å². The fourth-order valence-corrected chi connectivity index (χ4v) is 1.75. The molecule has 0 unspecified atom stereocenters. The van der Waals surface area contributed by atoms with Crippen LogP contribution < -0.4 is 4.74 Å². The molecule has 0 amide bonds. The zero-order valence-corrected chi connectivity index (χ0v) is 13.0. The van der Waals surface area contributed by atoms with Gasteiger partial charge in [0.1, 0.15) is 19.0 Å². The minimum Gasteiger partial charge on any atom is -0.487 e. The summed E-state index contributed by atoms with van der Waals surface area (Å²) >= 11 is 0. The molecule has 0 fully saturated rings. The summed E-state index contributed by atoms with van der Waals surface area (Å²) in [6.45, 7) is 2.59. The van der Waals surface area contributed by atoms with Crippen molar-refractivity contribution in [2.24, 2.45) is 0 Å². The molecule has 2 rings (SSSR count). The first kappa shape index (κ1) is 16.5. The predicted molar refractivity (Wildman–Crippen MR) is 89.8 cm³/mol. The first-order valence-corrected chi connectivity index (χ1v) is 7.36. The van der Waals surface area contributed by atoms with Crippen molar-refractivity contribution < 1.29 is 14.3 Å². The molecule has 1 aromatic heterocycles. The second kappa shape index (κ2) is 9.20. The van der Waals surface area contributed by atoms with E-state index in [-0.39, 0.29) is 5.97 Å². The molecule has 0 aliphatic rings. The van der Waals surface area contributed by atoms with Crippen molar-refractivity contribution in [2.45, 2.75) is 13.5 Å². The quantitative estimate of drug-likeness (QED) is 0.443. The highest BCUT2D eigenvalue weighted by molar-refractivity contribution is 5.87. The molecule has 1 heterocycles. The zero-order valence-electron chi connectivity index (χ0n) is 13.0. The van der Waals surface area contributed by atoms with Crippen LogP contribution in [0.5, 0.6) is 5.75 Å². The lowest BCUT2D eigenvalue weighted by atomic mass is 10.2. The van der Waals surface area contributed by atoms with Crippen molar-refractivity contribution >= 4 is 12.0 Å². The molecular weight excluding hydrogens is 290 g/mol. The SMILES string of the molecule is C/C=C/COC(=O)/C=C/c1ccc(OCc2ccccn2)cc1. The van der Waals surface area contributed by atoms with Crippen LogP contribution in [0.4, 0.5) is 0 Å². The normalized spacial score (nSPS) is 11.0. The number of ether oxygens (including phenoxy) is 2. The molecule has 4 nitrogen and oxygen atoms in total. The average molecular weight is 309 g/mol. The number of nitrogens with zero attached hydrogens (tertiary/aromatic N) is 1. The number of aromatic nitrogens is 1. The summed E-state index contributed by atoms with van der Waals surface area (Å²) < 4.78 is 10.6. The fourth-order valence-electron chi connectivity index (χ4n) is 1.75. The van der Waals surface area contributed by atoms with Gasteiger partial charge >= 0.3 is 5.97 Å². The van der Waals surface area contributed by atoms with E-state index in [2.05, 4.69) is 4.98 Å². The second-order valence-electron chi connectivity index (χ2n) is 4.71. The van der Waals surface area contributed by atoms with E-state index in [1.54, 1.807) is 18.3 Å². The molecule has 0 bridgehead atoms. The first-order chi connectivity index (χ1) is 11.3. The highest BCUT2D eigenvalue weighted by Gasteiger charge is 1.98. The number of pyridine rings is 1. The van der Waals surface area contributed by atoms with Gasteiger partial charge in [-0.15, -0.1) is 0 Å². The smallest absolute Gasteiger partial charge is 0.331 e. The van der Waals surface area contributed by atoms with Gasteiger partial charge in [-0.05, 0) is 42.8 Å². The van der Waals surface area contributed by atoms with Gasteiger partial charge in [0.2, 0.25) is 0 Å². The number of carbonyl (C=O) groups is 1. The molecule has 0 aliphatic heterocycles. The maximum absolute atomic E-state index is 11.4. The average Bonchev–Trinajstić information content (AvgIpc) is 2.60. The molecular formula is C19H19NO3. The first-order valence-electron chi connectivity index (χ1n) is 7.36. The van der Waals surface area contributed by atoms with E-state index < -0.39 is 0 Å². The van der Waals surface area contributed by atoms with Crippen molar-refractivity contribution in [2.75, 3.05) is 6.61 Å². The number of esters is 1. The van der Waals surface area contributed by atoms with Gasteiger partial charge in [-0.25, -0.2) is 4.79 Å². The van der Waals surface area contributed by atoms with E-state index in [0.717, 1.165) is 17.0 Å². The van der Waals surface area contributed by atoms with E-state index in [0.29, 0.717) is 13.2 Å². The van der Waals surface area contributed by atoms with Gasteiger partial charge in [0.25, 0.3) is 0 Å². The molecule has 4 heteroatoms. The van der Waals surface area contributed by atoms with E-state index in [9.17, 15) is 4.79 Å². The summed E-state index contributed by atoms with van der Waals surface area (Å²) in [5, 5.41) is 0. The Morgan fingerprint density at radius 1 is 1.17 bits per heavy atom. The fraction of sp³-hybridized carbons (Fsp3) is 0.158. The lowest BCUT2D eigenvalue weighted by Gasteiger charge is -2.05. The van der Waals surface area contributed by atoms with Crippen molar-refractivity contribution in [1.29, 1.82) is 0 Å². The van der Waals surface area contributed by atoms with Crippen LogP contribution in [-0.4, -0.2) is 17.6 Å². The summed E-state index contributed by atoms with van der Waals surface area (Å²) in [6, 6.07) is 13.2. The molecule has 0 aliphatic carbocycles. The van der Waals surface area contributed by atoms with E-state index in [1.165, 1.54) is 6.08 Å². The molecule has 23 heavy (non-hydrogen) atoms. The topological polar surface area (TPSA) is 48.4 Å². The lowest BCUT2D eigenvalue weighted by Crippen LogP contribution is -1.99. The lowest BCUT2D eigenvalue weighted by molar-refractivity contribution is -0.136. The van der Waals surface area contributed by atoms with Crippen molar-refractivity contribution in [3.63, 3.8) is 0 Å². The van der Waals surface area contributed by atoms with Gasteiger partial charge < -0.3 is 9.47 Å². The van der Waals surface area contributed by atoms with Crippen molar-refractivity contribution in [1.82, 2.24) is 4.98 Å². The van der Waals surface area contributed by atoms with Gasteiger partial charge in [-0.3, -0.25) is 4.98 Å². The third-order valence-corrected chi connectivity index (χ3v) is 2.96. The number of hydrogen-bond donors (Lipinski definition) is 0. The highest BCUT2D eigenvalue weighted by Crippen LogP contribution is 2.14. The maximum atomic E-state index is 11.4. The summed E-state index contributed by atoms with van der Waals surface area (Å²) in [5.74, 6) is 0.391. The summed E-state index contributed by atoms with van der Waals surface area (Å²) in [5.41, 5.74) is 1.78. The van der Waals surface area contributed by atoms with Crippen LogP contribution >= 0.6 is 0 Å². The molecule has 0 atom stereocenters. The van der Waals surface area contributed by atoms with E-state index in [1.807, 2.05) is 55.5 Å². The third-order valence-electron chi connectivity index (χ3n) is 2.96. The van der Waals surface area contributed by atoms with Gasteiger partial charge in [0.05, 0.1) is 5.69 Å². The van der Waals surface area contributed by atoms with Crippen molar-refractivity contribution in [3.8, 4) is 5.75 Å². The number of benzene rings is 1. The van der Waals surface area contributed by atoms with Crippen LogP contribution in [0.1, 0.15) is 18.2 Å². The van der Waals surface area contributed by atoms with Crippen LogP contribution in [0.15, 0.2) is 66.9 Å². The summed E-state index contributed by atoms with van der Waals surface area (Å²) in [4.78, 5) is 15.6. The molecule has 0 spiro atoms. The minimum absolute atomic E-state index is 0.292. The molecule has 0 radical (unpaired) electrons. The standard InChI is InChI=1S/C19H19NO3/c1-2-3-14-22-19(21)12-9-16-7-10-18(11-8-16)23-15-17-6-4-5-13-20-17/h2-13H,14-15H2,1H3/b3-2+,12-9+. The van der Waals surface area contributed by atoms with Crippen LogP contribution in [0, 0.1) is 0 Å². The zero-order chi connectivity index (χ0) is 16.3. The van der Waals surface area contributed by atoms with Crippen LogP contribution in [-0.2, 0) is 16.1 Å². The molecule has 118 valence electrons. The van der Waals surface area contributed by atoms with Gasteiger partial charge in [-0.1, -0.05) is 30.4 Å². The Morgan fingerprint density at radius 2 is 2.00 bits per heavy atom. The van der Waals surface area contributed by atoms with Crippen molar-refractivity contribution in [3.05, 3.63) is 78.1 Å². The number of allylic oxidation sites excluding steroid dienone is 1. The molecule has 0 saturated carbocycles. The Kier molecular flexibility index (Phi) is 6.60. The minimum atomic E-state index is -0.362. The Labute approximate surface area is 136 Å². The monoisotopic (exact) mass is 309 g/mol. The maximum Gasteiger partial charge on any atom is 0.331 e. The molecule has 2 aromatic rings.